The molecular weight excluding hydrogens is 494 g/mol. The van der Waals surface area contributed by atoms with Crippen LogP contribution < -0.4 is 16.0 Å². The summed E-state index contributed by atoms with van der Waals surface area (Å²) in [4.78, 5) is 45.3. The zero-order valence-electron chi connectivity index (χ0n) is 21.4. The number of hydrogen-bond donors (Lipinski definition) is 2. The van der Waals surface area contributed by atoms with E-state index in [2.05, 4.69) is 4.98 Å². The van der Waals surface area contributed by atoms with E-state index in [4.69, 9.17) is 15.5 Å². The summed E-state index contributed by atoms with van der Waals surface area (Å²) in [5.41, 5.74) is 7.87. The smallest absolute Gasteiger partial charge is 0.328 e. The molecule has 1 aromatic carbocycles. The van der Waals surface area contributed by atoms with Gasteiger partial charge in [0.15, 0.2) is 10.9 Å². The molecular formula is C27H37N3O4S2. The van der Waals surface area contributed by atoms with Gasteiger partial charge in [-0.05, 0) is 61.0 Å². The third-order valence-electron chi connectivity index (χ3n) is 6.47. The maximum absolute atomic E-state index is 12.8. The molecule has 0 aliphatic heterocycles. The predicted molar refractivity (Wildman–Crippen MR) is 147 cm³/mol. The van der Waals surface area contributed by atoms with Crippen molar-refractivity contribution >= 4 is 35.3 Å². The number of nitrogens with zero attached hydrogens (tertiary/aromatic N) is 1. The number of H-pyrrole nitrogens is 1. The Balaban J connectivity index is 1.62. The van der Waals surface area contributed by atoms with E-state index in [1.54, 1.807) is 36.0 Å². The van der Waals surface area contributed by atoms with Crippen molar-refractivity contribution in [3.63, 3.8) is 0 Å². The summed E-state index contributed by atoms with van der Waals surface area (Å²) in [6.45, 7) is 4.04. The normalized spacial score (nSPS) is 15.1. The van der Waals surface area contributed by atoms with Crippen LogP contribution in [-0.4, -0.2) is 45.5 Å². The molecule has 1 aliphatic rings. The van der Waals surface area contributed by atoms with Gasteiger partial charge in [0.1, 0.15) is 11.8 Å². The van der Waals surface area contributed by atoms with Crippen LogP contribution in [0.25, 0.3) is 0 Å². The molecule has 9 heteroatoms. The fourth-order valence-electron chi connectivity index (χ4n) is 4.47. The molecule has 1 saturated carbocycles. The predicted octanol–water partition coefficient (Wildman–Crippen LogP) is 4.98. The number of ketones is 1. The fraction of sp³-hybridized carbons (Fsp3) is 0.556. The van der Waals surface area contributed by atoms with E-state index in [1.807, 2.05) is 20.1 Å². The SMILES string of the molecule is CSCCC(N)C(=O)Oc1ccc(C(=O)CSc2nc(CC3CCCCC3)c(C(C)C)c(=O)[nH]2)cc1. The van der Waals surface area contributed by atoms with E-state index >= 15 is 0 Å². The zero-order valence-corrected chi connectivity index (χ0v) is 23.0. The molecule has 3 N–H and O–H groups in total. The summed E-state index contributed by atoms with van der Waals surface area (Å²) in [5.74, 6) is 1.36. The quantitative estimate of drug-likeness (QED) is 0.130. The minimum atomic E-state index is -0.671. The average Bonchev–Trinajstić information content (AvgIpc) is 2.86. The molecule has 1 unspecified atom stereocenters. The van der Waals surface area contributed by atoms with Gasteiger partial charge in [0.05, 0.1) is 11.4 Å². The van der Waals surface area contributed by atoms with Gasteiger partial charge in [-0.3, -0.25) is 9.59 Å². The van der Waals surface area contributed by atoms with Crippen molar-refractivity contribution in [2.75, 3.05) is 17.8 Å². The van der Waals surface area contributed by atoms with Crippen molar-refractivity contribution in [1.29, 1.82) is 0 Å². The number of hydrogen-bond acceptors (Lipinski definition) is 8. The highest BCUT2D eigenvalue weighted by atomic mass is 32.2. The molecule has 0 amide bonds. The molecule has 1 atom stereocenters. The topological polar surface area (TPSA) is 115 Å². The van der Waals surface area contributed by atoms with Gasteiger partial charge in [-0.2, -0.15) is 11.8 Å². The molecule has 196 valence electrons. The Labute approximate surface area is 221 Å². The zero-order chi connectivity index (χ0) is 26.1. The highest BCUT2D eigenvalue weighted by molar-refractivity contribution is 7.99. The van der Waals surface area contributed by atoms with Gasteiger partial charge in [-0.15, -0.1) is 0 Å². The lowest BCUT2D eigenvalue weighted by molar-refractivity contribution is -0.135. The van der Waals surface area contributed by atoms with Gasteiger partial charge >= 0.3 is 5.97 Å². The van der Waals surface area contributed by atoms with E-state index in [0.29, 0.717) is 28.8 Å². The van der Waals surface area contributed by atoms with Crippen LogP contribution in [-0.2, 0) is 11.2 Å². The minimum Gasteiger partial charge on any atom is -0.425 e. The third kappa shape index (κ3) is 8.21. The molecule has 1 aromatic heterocycles. The number of nitrogens with one attached hydrogen (secondary N) is 1. The second-order valence-corrected chi connectivity index (χ2v) is 11.6. The van der Waals surface area contributed by atoms with Crippen molar-refractivity contribution < 1.29 is 14.3 Å². The van der Waals surface area contributed by atoms with Crippen LogP contribution in [0, 0.1) is 5.92 Å². The maximum Gasteiger partial charge on any atom is 0.328 e. The molecule has 0 saturated heterocycles. The summed E-state index contributed by atoms with van der Waals surface area (Å²) in [6, 6.07) is 5.78. The fourth-order valence-corrected chi connectivity index (χ4v) is 5.73. The number of carbonyl (C=O) groups excluding carboxylic acids is 2. The van der Waals surface area contributed by atoms with Gasteiger partial charge in [0, 0.05) is 11.1 Å². The largest absolute Gasteiger partial charge is 0.425 e. The van der Waals surface area contributed by atoms with Crippen LogP contribution in [0.4, 0.5) is 0 Å². The summed E-state index contributed by atoms with van der Waals surface area (Å²) >= 11 is 2.86. The van der Waals surface area contributed by atoms with Crippen LogP contribution in [0.2, 0.25) is 0 Å². The Morgan fingerprint density at radius 1 is 1.17 bits per heavy atom. The van der Waals surface area contributed by atoms with Crippen molar-refractivity contribution in [3.05, 3.63) is 51.4 Å². The summed E-state index contributed by atoms with van der Waals surface area (Å²) in [5, 5.41) is 0.480. The van der Waals surface area contributed by atoms with Crippen LogP contribution in [0.3, 0.4) is 0 Å². The first-order valence-corrected chi connectivity index (χ1v) is 15.0. The maximum atomic E-state index is 12.8. The Hall–Kier alpha value is -2.10. The summed E-state index contributed by atoms with van der Waals surface area (Å²) < 4.78 is 5.32. The van der Waals surface area contributed by atoms with Gasteiger partial charge in [0.25, 0.3) is 5.56 Å². The summed E-state index contributed by atoms with van der Waals surface area (Å²) in [7, 11) is 0. The van der Waals surface area contributed by atoms with Crippen LogP contribution in [0.5, 0.6) is 5.75 Å². The number of esters is 1. The number of rotatable bonds is 12. The molecule has 1 heterocycles. The number of nitrogens with two attached hydrogens (primary N) is 1. The minimum absolute atomic E-state index is 0.0909. The second kappa shape index (κ2) is 14.0. The van der Waals surface area contributed by atoms with E-state index in [1.165, 1.54) is 43.9 Å². The van der Waals surface area contributed by atoms with Crippen LogP contribution >= 0.6 is 23.5 Å². The van der Waals surface area contributed by atoms with Gasteiger partial charge < -0.3 is 15.5 Å². The van der Waals surface area contributed by atoms with Crippen molar-refractivity contribution in [2.24, 2.45) is 11.7 Å². The Morgan fingerprint density at radius 3 is 2.50 bits per heavy atom. The molecule has 1 fully saturated rings. The van der Waals surface area contributed by atoms with E-state index in [9.17, 15) is 14.4 Å². The molecule has 0 radical (unpaired) electrons. The van der Waals surface area contributed by atoms with Crippen molar-refractivity contribution in [3.8, 4) is 5.75 Å². The summed E-state index contributed by atoms with van der Waals surface area (Å²) in [6.07, 6.45) is 9.45. The van der Waals surface area contributed by atoms with E-state index in [-0.39, 0.29) is 23.0 Å². The molecule has 3 rings (SSSR count). The van der Waals surface area contributed by atoms with E-state index in [0.717, 1.165) is 23.4 Å². The van der Waals surface area contributed by atoms with Gasteiger partial charge in [0.2, 0.25) is 0 Å². The average molecular weight is 532 g/mol. The standard InChI is InChI=1S/C27H37N3O4S2/c1-17(2)24-22(15-18-7-5-4-6-8-18)29-27(30-25(24)32)36-16-23(31)19-9-11-20(12-10-19)34-26(33)21(28)13-14-35-3/h9-12,17-18,21H,4-8,13-16,28H2,1-3H3,(H,29,30,32). The van der Waals surface area contributed by atoms with E-state index < -0.39 is 12.0 Å². The highest BCUT2D eigenvalue weighted by Gasteiger charge is 2.21. The van der Waals surface area contributed by atoms with Crippen LogP contribution in [0.1, 0.15) is 79.9 Å². The Morgan fingerprint density at radius 2 is 1.86 bits per heavy atom. The Kier molecular flexibility index (Phi) is 11.1. The first kappa shape index (κ1) is 28.5. The molecule has 2 aromatic rings. The highest BCUT2D eigenvalue weighted by Crippen LogP contribution is 2.29. The molecule has 7 nitrogen and oxygen atoms in total. The third-order valence-corrected chi connectivity index (χ3v) is 7.98. The number of thioether (sulfide) groups is 2. The molecule has 0 bridgehead atoms. The molecule has 1 aliphatic carbocycles. The number of ether oxygens (including phenoxy) is 1. The first-order valence-electron chi connectivity index (χ1n) is 12.6. The van der Waals surface area contributed by atoms with Crippen molar-refractivity contribution in [1.82, 2.24) is 9.97 Å². The Bertz CT molecular complexity index is 1080. The first-order chi connectivity index (χ1) is 17.3. The lowest BCUT2D eigenvalue weighted by atomic mass is 9.84. The number of carbonyl (C=O) groups is 2. The van der Waals surface area contributed by atoms with Crippen LogP contribution in [0.15, 0.2) is 34.2 Å². The lowest BCUT2D eigenvalue weighted by Crippen LogP contribution is -2.34. The number of aromatic amines is 1. The van der Waals surface area contributed by atoms with Gasteiger partial charge in [-0.25, -0.2) is 9.78 Å². The molecule has 36 heavy (non-hydrogen) atoms. The second-order valence-electron chi connectivity index (χ2n) is 9.64. The number of aromatic nitrogens is 2. The monoisotopic (exact) mass is 531 g/mol. The van der Waals surface area contributed by atoms with Gasteiger partial charge in [-0.1, -0.05) is 57.7 Å². The molecule has 0 spiro atoms. The number of benzene rings is 1. The number of Topliss-reactive ketones (excluding diaryl/α,β-unsaturated/α-hetero) is 1. The van der Waals surface area contributed by atoms with Crippen molar-refractivity contribution in [2.45, 2.75) is 75.9 Å². The lowest BCUT2D eigenvalue weighted by Gasteiger charge is -2.22.